The van der Waals surface area contributed by atoms with Crippen molar-refractivity contribution >= 4 is 11.6 Å². The number of benzene rings is 1. The van der Waals surface area contributed by atoms with Crippen LogP contribution in [0, 0.1) is 0 Å². The quantitative estimate of drug-likeness (QED) is 0.798. The van der Waals surface area contributed by atoms with Gasteiger partial charge in [-0.3, -0.25) is 4.79 Å². The van der Waals surface area contributed by atoms with E-state index in [1.807, 2.05) is 37.4 Å². The topological polar surface area (TPSA) is 32.3 Å². The molecule has 82 valence electrons. The summed E-state index contributed by atoms with van der Waals surface area (Å²) < 4.78 is 0. The van der Waals surface area contributed by atoms with Gasteiger partial charge in [0.15, 0.2) is 0 Å². The molecule has 0 aliphatic rings. The molecule has 3 heteroatoms. The van der Waals surface area contributed by atoms with Gasteiger partial charge in [0.1, 0.15) is 0 Å². The smallest absolute Gasteiger partial charge is 0.241 e. The molecule has 0 aliphatic carbocycles. The van der Waals surface area contributed by atoms with Crippen LogP contribution in [0.2, 0.25) is 0 Å². The molecule has 1 rings (SSSR count). The molecule has 0 saturated carbocycles. The zero-order valence-corrected chi connectivity index (χ0v) is 9.36. The van der Waals surface area contributed by atoms with Crippen molar-refractivity contribution < 1.29 is 4.79 Å². The lowest BCUT2D eigenvalue weighted by Gasteiger charge is -2.16. The van der Waals surface area contributed by atoms with Gasteiger partial charge in [-0.2, -0.15) is 0 Å². The maximum Gasteiger partial charge on any atom is 0.241 e. The molecule has 15 heavy (non-hydrogen) atoms. The zero-order chi connectivity index (χ0) is 11.1. The van der Waals surface area contributed by atoms with Crippen LogP contribution in [-0.4, -0.2) is 30.9 Å². The lowest BCUT2D eigenvalue weighted by molar-refractivity contribution is -0.128. The van der Waals surface area contributed by atoms with Gasteiger partial charge in [0.25, 0.3) is 0 Å². The van der Waals surface area contributed by atoms with Crippen LogP contribution in [0.15, 0.2) is 30.3 Å². The molecule has 1 aromatic rings. The molecular formula is C12H18N2O. The van der Waals surface area contributed by atoms with Gasteiger partial charge in [-0.25, -0.2) is 0 Å². The summed E-state index contributed by atoms with van der Waals surface area (Å²) in [6.07, 6.45) is 0.994. The Morgan fingerprint density at radius 1 is 1.33 bits per heavy atom. The maximum atomic E-state index is 11.6. The van der Waals surface area contributed by atoms with Gasteiger partial charge in [-0.05, 0) is 18.6 Å². The molecule has 3 nitrogen and oxygen atoms in total. The van der Waals surface area contributed by atoms with Crippen molar-refractivity contribution in [3.05, 3.63) is 30.3 Å². The Hall–Kier alpha value is -1.51. The van der Waals surface area contributed by atoms with E-state index < -0.39 is 0 Å². The van der Waals surface area contributed by atoms with E-state index in [1.165, 1.54) is 0 Å². The van der Waals surface area contributed by atoms with E-state index in [-0.39, 0.29) is 5.91 Å². The number of anilines is 1. The van der Waals surface area contributed by atoms with Crippen molar-refractivity contribution in [2.75, 3.05) is 25.5 Å². The standard InChI is InChI=1S/C12H18N2O/c1-3-9-14(2)12(15)10-13-11-7-5-4-6-8-11/h4-8,13H,3,9-10H2,1-2H3. The van der Waals surface area contributed by atoms with Crippen molar-refractivity contribution in [1.29, 1.82) is 0 Å². The molecule has 0 unspecified atom stereocenters. The molecule has 1 N–H and O–H groups in total. The maximum absolute atomic E-state index is 11.6. The second kappa shape index (κ2) is 6.06. The van der Waals surface area contributed by atoms with E-state index in [0.717, 1.165) is 18.7 Å². The molecule has 0 aliphatic heterocycles. The minimum atomic E-state index is 0.126. The average Bonchev–Trinajstić information content (AvgIpc) is 2.27. The van der Waals surface area contributed by atoms with Crippen LogP contribution in [0.4, 0.5) is 5.69 Å². The predicted molar refractivity (Wildman–Crippen MR) is 62.9 cm³/mol. The number of nitrogens with one attached hydrogen (secondary N) is 1. The Kier molecular flexibility index (Phi) is 4.68. The van der Waals surface area contributed by atoms with Crippen molar-refractivity contribution in [3.8, 4) is 0 Å². The fraction of sp³-hybridized carbons (Fsp3) is 0.417. The Balaban J connectivity index is 2.34. The lowest BCUT2D eigenvalue weighted by Crippen LogP contribution is -2.32. The average molecular weight is 206 g/mol. The van der Waals surface area contributed by atoms with Gasteiger partial charge < -0.3 is 10.2 Å². The Bertz CT molecular complexity index is 298. The summed E-state index contributed by atoms with van der Waals surface area (Å²) in [5, 5.41) is 3.09. The van der Waals surface area contributed by atoms with E-state index in [1.54, 1.807) is 4.90 Å². The molecular weight excluding hydrogens is 188 g/mol. The number of nitrogens with zero attached hydrogens (tertiary/aromatic N) is 1. The minimum Gasteiger partial charge on any atom is -0.376 e. The van der Waals surface area contributed by atoms with Gasteiger partial charge in [-0.1, -0.05) is 25.1 Å². The van der Waals surface area contributed by atoms with Crippen molar-refractivity contribution in [3.63, 3.8) is 0 Å². The first kappa shape index (κ1) is 11.6. The second-order valence-electron chi connectivity index (χ2n) is 3.53. The Labute approximate surface area is 91.1 Å². The first-order chi connectivity index (χ1) is 7.24. The number of carbonyl (C=O) groups is 1. The molecule has 1 aromatic carbocycles. The third kappa shape index (κ3) is 4.02. The largest absolute Gasteiger partial charge is 0.376 e. The van der Waals surface area contributed by atoms with E-state index in [4.69, 9.17) is 0 Å². The highest BCUT2D eigenvalue weighted by Gasteiger charge is 2.06. The van der Waals surface area contributed by atoms with E-state index in [2.05, 4.69) is 12.2 Å². The SMILES string of the molecule is CCCN(C)C(=O)CNc1ccccc1. The van der Waals surface area contributed by atoms with Crippen molar-refractivity contribution in [1.82, 2.24) is 4.90 Å². The normalized spacial score (nSPS) is 9.73. The fourth-order valence-corrected chi connectivity index (χ4v) is 1.33. The molecule has 0 radical (unpaired) electrons. The number of carbonyl (C=O) groups excluding carboxylic acids is 1. The van der Waals surface area contributed by atoms with Crippen LogP contribution in [0.3, 0.4) is 0 Å². The highest BCUT2D eigenvalue weighted by Crippen LogP contribution is 2.04. The van der Waals surface area contributed by atoms with Crippen LogP contribution in [0.5, 0.6) is 0 Å². The number of likely N-dealkylation sites (N-methyl/N-ethyl adjacent to an activating group) is 1. The summed E-state index contributed by atoms with van der Waals surface area (Å²) in [5.41, 5.74) is 0.982. The third-order valence-corrected chi connectivity index (χ3v) is 2.20. The molecule has 0 spiro atoms. The summed E-state index contributed by atoms with van der Waals surface area (Å²) in [7, 11) is 1.83. The molecule has 1 amide bonds. The van der Waals surface area contributed by atoms with Crippen LogP contribution in [-0.2, 0) is 4.79 Å². The Morgan fingerprint density at radius 3 is 2.60 bits per heavy atom. The predicted octanol–water partition coefficient (Wildman–Crippen LogP) is 1.97. The minimum absolute atomic E-state index is 0.126. The van der Waals surface area contributed by atoms with Gasteiger partial charge in [0.2, 0.25) is 5.91 Å². The van der Waals surface area contributed by atoms with Crippen molar-refractivity contribution in [2.24, 2.45) is 0 Å². The summed E-state index contributed by atoms with van der Waals surface area (Å²) in [4.78, 5) is 13.3. The zero-order valence-electron chi connectivity index (χ0n) is 9.36. The second-order valence-corrected chi connectivity index (χ2v) is 3.53. The molecule has 0 saturated heterocycles. The Morgan fingerprint density at radius 2 is 2.00 bits per heavy atom. The van der Waals surface area contributed by atoms with Crippen molar-refractivity contribution in [2.45, 2.75) is 13.3 Å². The van der Waals surface area contributed by atoms with Gasteiger partial charge >= 0.3 is 0 Å². The highest BCUT2D eigenvalue weighted by molar-refractivity contribution is 5.80. The lowest BCUT2D eigenvalue weighted by atomic mass is 10.3. The number of para-hydroxylation sites is 1. The first-order valence-corrected chi connectivity index (χ1v) is 5.27. The van der Waals surface area contributed by atoms with Crippen LogP contribution in [0.25, 0.3) is 0 Å². The van der Waals surface area contributed by atoms with Crippen LogP contribution >= 0.6 is 0 Å². The van der Waals surface area contributed by atoms with Crippen LogP contribution < -0.4 is 5.32 Å². The summed E-state index contributed by atoms with van der Waals surface area (Å²) in [5.74, 6) is 0.126. The van der Waals surface area contributed by atoms with E-state index >= 15 is 0 Å². The molecule has 0 bridgehead atoms. The van der Waals surface area contributed by atoms with Gasteiger partial charge in [0, 0.05) is 19.3 Å². The van der Waals surface area contributed by atoms with E-state index in [9.17, 15) is 4.79 Å². The van der Waals surface area contributed by atoms with Crippen LogP contribution in [0.1, 0.15) is 13.3 Å². The number of hydrogen-bond acceptors (Lipinski definition) is 2. The van der Waals surface area contributed by atoms with E-state index in [0.29, 0.717) is 6.54 Å². The first-order valence-electron chi connectivity index (χ1n) is 5.27. The third-order valence-electron chi connectivity index (χ3n) is 2.20. The number of rotatable bonds is 5. The number of amides is 1. The molecule has 0 aromatic heterocycles. The summed E-state index contributed by atoms with van der Waals surface area (Å²) in [6.45, 7) is 3.24. The monoisotopic (exact) mass is 206 g/mol. The van der Waals surface area contributed by atoms with Gasteiger partial charge in [-0.15, -0.1) is 0 Å². The van der Waals surface area contributed by atoms with Gasteiger partial charge in [0.05, 0.1) is 6.54 Å². The molecule has 0 heterocycles. The highest BCUT2D eigenvalue weighted by atomic mass is 16.2. The summed E-state index contributed by atoms with van der Waals surface area (Å²) in [6, 6.07) is 9.75. The fourth-order valence-electron chi connectivity index (χ4n) is 1.33. The molecule has 0 fully saturated rings. The molecule has 0 atom stereocenters. The summed E-state index contributed by atoms with van der Waals surface area (Å²) >= 11 is 0. The number of hydrogen-bond donors (Lipinski definition) is 1.